The van der Waals surface area contributed by atoms with Crippen LogP contribution in [0.15, 0.2) is 131 Å². The Bertz CT molecular complexity index is 2350. The van der Waals surface area contributed by atoms with E-state index in [2.05, 4.69) is 15.9 Å². The van der Waals surface area contributed by atoms with Crippen LogP contribution in [0.2, 0.25) is 0 Å². The number of carbonyl (C=O) groups excluding carboxylic acids is 2. The highest BCUT2D eigenvalue weighted by atomic mass is 79.9. The number of carbonyl (C=O) groups is 2. The molecule has 0 aliphatic carbocycles. The number of alkyl halides is 1. The van der Waals surface area contributed by atoms with Gasteiger partial charge in [0.25, 0.3) is 31.9 Å². The lowest BCUT2D eigenvalue weighted by Crippen LogP contribution is -2.33. The summed E-state index contributed by atoms with van der Waals surface area (Å²) >= 11 is 3.43. The lowest BCUT2D eigenvalue weighted by molar-refractivity contribution is -0.136. The van der Waals surface area contributed by atoms with Crippen molar-refractivity contribution in [1.82, 2.24) is 12.8 Å². The van der Waals surface area contributed by atoms with Gasteiger partial charge in [0.2, 0.25) is 0 Å². The predicted octanol–water partition coefficient (Wildman–Crippen LogP) is 7.30. The molecular formula is C38H32BrN3O6S2. The standard InChI is InChI=1S/C38H32BrN3O6S2/c39-23-13-1-2-14-24-40-37(43)35(33-25-27-15-9-11-21-31(27)41(33)49(45,46)29-17-5-3-6-18-29)36(38(40)44)34-26-28-16-10-12-22-32(28)42(34)50(47,48)30-19-7-4-8-20-30/h3-12,15-22,25-26H,1-2,13-14,23-24H2. The van der Waals surface area contributed by atoms with Gasteiger partial charge in [0.1, 0.15) is 0 Å². The van der Waals surface area contributed by atoms with Gasteiger partial charge in [-0.2, -0.15) is 0 Å². The Hall–Kier alpha value is -4.78. The molecule has 6 aromatic rings. The summed E-state index contributed by atoms with van der Waals surface area (Å²) in [5, 5.41) is 1.89. The third kappa shape index (κ3) is 5.70. The number of unbranched alkanes of at least 4 members (excludes halogenated alkanes) is 3. The molecule has 0 saturated carbocycles. The van der Waals surface area contributed by atoms with Crippen molar-refractivity contribution in [3.63, 3.8) is 0 Å². The Balaban J connectivity index is 1.54. The number of amides is 2. The van der Waals surface area contributed by atoms with Gasteiger partial charge in [0.15, 0.2) is 0 Å². The summed E-state index contributed by atoms with van der Waals surface area (Å²) < 4.78 is 60.0. The molecule has 0 saturated heterocycles. The van der Waals surface area contributed by atoms with E-state index >= 15 is 0 Å². The van der Waals surface area contributed by atoms with Crippen LogP contribution < -0.4 is 0 Å². The van der Waals surface area contributed by atoms with Crippen molar-refractivity contribution in [1.29, 1.82) is 0 Å². The molecule has 7 rings (SSSR count). The second-order valence-corrected chi connectivity index (χ2v) is 16.3. The smallest absolute Gasteiger partial charge is 0.268 e. The van der Waals surface area contributed by atoms with E-state index in [0.717, 1.165) is 37.4 Å². The topological polar surface area (TPSA) is 116 Å². The van der Waals surface area contributed by atoms with Crippen molar-refractivity contribution < 1.29 is 26.4 Å². The van der Waals surface area contributed by atoms with Gasteiger partial charge in [-0.3, -0.25) is 14.5 Å². The molecule has 0 fully saturated rings. The van der Waals surface area contributed by atoms with Crippen molar-refractivity contribution >= 4 is 80.7 Å². The zero-order chi connectivity index (χ0) is 35.0. The first kappa shape index (κ1) is 33.7. The quantitative estimate of drug-likeness (QED) is 0.0733. The Morgan fingerprint density at radius 3 is 1.34 bits per heavy atom. The van der Waals surface area contributed by atoms with Crippen LogP contribution in [-0.2, 0) is 29.6 Å². The molecule has 0 atom stereocenters. The highest BCUT2D eigenvalue weighted by Crippen LogP contribution is 2.42. The highest BCUT2D eigenvalue weighted by molar-refractivity contribution is 9.09. The van der Waals surface area contributed by atoms with Gasteiger partial charge in [-0.15, -0.1) is 0 Å². The number of fused-ring (bicyclic) bond motifs is 2. The van der Waals surface area contributed by atoms with Crippen molar-refractivity contribution in [2.24, 2.45) is 0 Å². The van der Waals surface area contributed by atoms with Gasteiger partial charge >= 0.3 is 0 Å². The van der Waals surface area contributed by atoms with E-state index < -0.39 is 31.9 Å². The summed E-state index contributed by atoms with van der Waals surface area (Å²) in [6, 6.07) is 32.5. The van der Waals surface area contributed by atoms with E-state index in [-0.39, 0.29) is 38.9 Å². The number of hydrogen-bond donors (Lipinski definition) is 0. The Kier molecular flexibility index (Phi) is 9.10. The molecule has 0 bridgehead atoms. The van der Waals surface area contributed by atoms with E-state index in [4.69, 9.17) is 0 Å². The number of para-hydroxylation sites is 2. The molecule has 254 valence electrons. The fourth-order valence-electron chi connectivity index (χ4n) is 6.49. The minimum atomic E-state index is -4.32. The maximum atomic E-state index is 14.6. The van der Waals surface area contributed by atoms with Gasteiger partial charge in [-0.25, -0.2) is 24.8 Å². The summed E-state index contributed by atoms with van der Waals surface area (Å²) in [5.74, 6) is -1.38. The van der Waals surface area contributed by atoms with Gasteiger partial charge in [-0.1, -0.05) is 102 Å². The van der Waals surface area contributed by atoms with E-state index in [9.17, 15) is 26.4 Å². The zero-order valence-electron chi connectivity index (χ0n) is 26.8. The normalized spacial score (nSPS) is 14.1. The second kappa shape index (κ2) is 13.5. The highest BCUT2D eigenvalue weighted by Gasteiger charge is 2.44. The van der Waals surface area contributed by atoms with E-state index in [1.807, 2.05) is 0 Å². The van der Waals surface area contributed by atoms with Crippen molar-refractivity contribution in [2.45, 2.75) is 35.5 Å². The molecule has 3 heterocycles. The minimum Gasteiger partial charge on any atom is -0.274 e. The number of rotatable bonds is 12. The molecule has 1 aliphatic heterocycles. The summed E-state index contributed by atoms with van der Waals surface area (Å²) in [6.45, 7) is 0.0876. The largest absolute Gasteiger partial charge is 0.274 e. The Morgan fingerprint density at radius 1 is 0.500 bits per heavy atom. The summed E-state index contributed by atoms with van der Waals surface area (Å²) in [6.07, 6.45) is 3.12. The first-order valence-electron chi connectivity index (χ1n) is 16.2. The van der Waals surface area contributed by atoms with Crippen molar-refractivity contribution in [3.8, 4) is 0 Å². The third-order valence-corrected chi connectivity index (χ3v) is 12.9. The number of aromatic nitrogens is 2. The monoisotopic (exact) mass is 769 g/mol. The van der Waals surface area contributed by atoms with Crippen LogP contribution in [0.5, 0.6) is 0 Å². The minimum absolute atomic E-state index is 0.00839. The predicted molar refractivity (Wildman–Crippen MR) is 198 cm³/mol. The van der Waals surface area contributed by atoms with Crippen molar-refractivity contribution in [2.75, 3.05) is 11.9 Å². The van der Waals surface area contributed by atoms with Crippen LogP contribution in [0.4, 0.5) is 0 Å². The molecule has 12 heteroatoms. The number of nitrogens with zero attached hydrogens (tertiary/aromatic N) is 3. The first-order valence-corrected chi connectivity index (χ1v) is 20.2. The number of halogens is 1. The first-order chi connectivity index (χ1) is 24.2. The van der Waals surface area contributed by atoms with Gasteiger partial charge < -0.3 is 0 Å². The average molecular weight is 771 g/mol. The van der Waals surface area contributed by atoms with Gasteiger partial charge in [0.05, 0.1) is 43.4 Å². The lowest BCUT2D eigenvalue weighted by Gasteiger charge is -2.16. The number of imide groups is 1. The number of hydrogen-bond acceptors (Lipinski definition) is 6. The lowest BCUT2D eigenvalue weighted by atomic mass is 10.0. The molecule has 1 aliphatic rings. The number of benzene rings is 4. The Labute approximate surface area is 298 Å². The molecule has 0 radical (unpaired) electrons. The van der Waals surface area contributed by atoms with E-state index in [1.54, 1.807) is 97.1 Å². The summed E-state index contributed by atoms with van der Waals surface area (Å²) in [5.41, 5.74) is 0.198. The van der Waals surface area contributed by atoms with Crippen LogP contribution in [-0.4, -0.2) is 53.4 Å². The van der Waals surface area contributed by atoms with E-state index in [1.165, 1.54) is 24.3 Å². The fourth-order valence-corrected chi connectivity index (χ4v) is 9.97. The van der Waals surface area contributed by atoms with Gasteiger partial charge in [0, 0.05) is 22.6 Å². The zero-order valence-corrected chi connectivity index (χ0v) is 30.0. The molecule has 0 spiro atoms. The molecule has 2 amide bonds. The SMILES string of the molecule is O=C1C(c2cc3ccccc3n2S(=O)(=O)c2ccccc2)=C(c2cc3ccccc3n2S(=O)(=O)c2ccccc2)C(=O)N1CCCCCCBr. The fraction of sp³-hybridized carbons (Fsp3) is 0.158. The van der Waals surface area contributed by atoms with Crippen LogP contribution in [0.3, 0.4) is 0 Å². The Morgan fingerprint density at radius 2 is 0.900 bits per heavy atom. The van der Waals surface area contributed by atoms with E-state index in [0.29, 0.717) is 28.2 Å². The summed E-state index contributed by atoms with van der Waals surface area (Å²) in [4.78, 5) is 30.4. The second-order valence-electron chi connectivity index (χ2n) is 12.0. The maximum Gasteiger partial charge on any atom is 0.268 e. The maximum absolute atomic E-state index is 14.6. The summed E-state index contributed by atoms with van der Waals surface area (Å²) in [7, 11) is -8.63. The molecular weight excluding hydrogens is 738 g/mol. The van der Waals surface area contributed by atoms with Gasteiger partial charge in [-0.05, 0) is 61.4 Å². The molecule has 2 aromatic heterocycles. The van der Waals surface area contributed by atoms with Crippen LogP contribution in [0.1, 0.15) is 37.1 Å². The van der Waals surface area contributed by atoms with Crippen molar-refractivity contribution in [3.05, 3.63) is 133 Å². The van der Waals surface area contributed by atoms with Crippen LogP contribution in [0.25, 0.3) is 33.0 Å². The molecule has 0 N–H and O–H groups in total. The molecule has 0 unspecified atom stereocenters. The third-order valence-electron chi connectivity index (χ3n) is 8.84. The van der Waals surface area contributed by atoms with Crippen LogP contribution >= 0.6 is 15.9 Å². The van der Waals surface area contributed by atoms with Crippen LogP contribution in [0, 0.1) is 0 Å². The molecule has 50 heavy (non-hydrogen) atoms. The average Bonchev–Trinajstić information content (AvgIpc) is 3.78. The molecule has 9 nitrogen and oxygen atoms in total. The molecule has 4 aromatic carbocycles.